The highest BCUT2D eigenvalue weighted by molar-refractivity contribution is 6.03. The Morgan fingerprint density at radius 3 is 2.48 bits per heavy atom. The molecule has 1 saturated heterocycles. The van der Waals surface area contributed by atoms with E-state index in [1.807, 2.05) is 0 Å². The summed E-state index contributed by atoms with van der Waals surface area (Å²) in [6.45, 7) is 4.95. The van der Waals surface area contributed by atoms with Gasteiger partial charge in [-0.1, -0.05) is 30.3 Å². The SMILES string of the molecule is CC(C)(C)OC(=O)N1C(=O)[C@@](F)(c2ccccc2)C2CC(F)=CC=C21. The van der Waals surface area contributed by atoms with Gasteiger partial charge in [0.15, 0.2) is 0 Å². The van der Waals surface area contributed by atoms with Crippen LogP contribution in [0.4, 0.5) is 13.6 Å². The molecule has 0 spiro atoms. The van der Waals surface area contributed by atoms with E-state index in [1.165, 1.54) is 18.2 Å². The summed E-state index contributed by atoms with van der Waals surface area (Å²) in [6, 6.07) is 7.81. The summed E-state index contributed by atoms with van der Waals surface area (Å²) in [5, 5.41) is 0. The van der Waals surface area contributed by atoms with E-state index in [0.29, 0.717) is 4.90 Å². The van der Waals surface area contributed by atoms with Crippen molar-refractivity contribution < 1.29 is 23.1 Å². The van der Waals surface area contributed by atoms with Gasteiger partial charge in [-0.25, -0.2) is 18.5 Å². The summed E-state index contributed by atoms with van der Waals surface area (Å²) < 4.78 is 35.0. The van der Waals surface area contributed by atoms with E-state index in [1.54, 1.807) is 39.0 Å². The van der Waals surface area contributed by atoms with Gasteiger partial charge in [-0.15, -0.1) is 0 Å². The van der Waals surface area contributed by atoms with E-state index in [9.17, 15) is 14.0 Å². The van der Waals surface area contributed by atoms with Crippen LogP contribution in [0.25, 0.3) is 0 Å². The largest absolute Gasteiger partial charge is 0.443 e. The van der Waals surface area contributed by atoms with Gasteiger partial charge < -0.3 is 4.74 Å². The van der Waals surface area contributed by atoms with E-state index in [2.05, 4.69) is 0 Å². The Morgan fingerprint density at radius 1 is 1.24 bits per heavy atom. The number of alkyl halides is 1. The third-order valence-corrected chi connectivity index (χ3v) is 4.21. The van der Waals surface area contributed by atoms with Crippen LogP contribution in [-0.2, 0) is 15.2 Å². The third kappa shape index (κ3) is 2.86. The van der Waals surface area contributed by atoms with E-state index in [-0.39, 0.29) is 17.7 Å². The fourth-order valence-corrected chi connectivity index (χ4v) is 3.16. The Bertz CT molecular complexity index is 780. The first kappa shape index (κ1) is 17.3. The predicted molar refractivity (Wildman–Crippen MR) is 87.7 cm³/mol. The molecule has 25 heavy (non-hydrogen) atoms. The maximum atomic E-state index is 16.0. The fourth-order valence-electron chi connectivity index (χ4n) is 3.16. The van der Waals surface area contributed by atoms with Crippen LogP contribution in [0.5, 0.6) is 0 Å². The molecule has 0 saturated carbocycles. The summed E-state index contributed by atoms with van der Waals surface area (Å²) >= 11 is 0. The van der Waals surface area contributed by atoms with Crippen molar-refractivity contribution in [1.29, 1.82) is 0 Å². The Balaban J connectivity index is 2.09. The Labute approximate surface area is 144 Å². The predicted octanol–water partition coefficient (Wildman–Crippen LogP) is 4.39. The smallest absolute Gasteiger partial charge is 0.421 e. The van der Waals surface area contributed by atoms with Crippen molar-refractivity contribution in [1.82, 2.24) is 4.90 Å². The molecule has 1 aliphatic heterocycles. The highest BCUT2D eigenvalue weighted by Crippen LogP contribution is 2.51. The number of benzene rings is 1. The van der Waals surface area contributed by atoms with Crippen molar-refractivity contribution >= 4 is 12.0 Å². The number of ether oxygens (including phenoxy) is 1. The molecule has 1 fully saturated rings. The molecular weight excluding hydrogens is 328 g/mol. The monoisotopic (exact) mass is 347 g/mol. The highest BCUT2D eigenvalue weighted by Gasteiger charge is 2.62. The second-order valence-electron chi connectivity index (χ2n) is 7.16. The molecule has 6 heteroatoms. The highest BCUT2D eigenvalue weighted by atomic mass is 19.1. The molecule has 0 aromatic heterocycles. The number of nitrogens with zero attached hydrogens (tertiary/aromatic N) is 1. The minimum Gasteiger partial charge on any atom is -0.443 e. The van der Waals surface area contributed by atoms with Crippen LogP contribution in [0.15, 0.2) is 54.0 Å². The van der Waals surface area contributed by atoms with Crippen molar-refractivity contribution in [3.8, 4) is 0 Å². The van der Waals surface area contributed by atoms with Gasteiger partial charge in [-0.3, -0.25) is 4.79 Å². The number of amides is 2. The van der Waals surface area contributed by atoms with Crippen molar-refractivity contribution in [2.45, 2.75) is 38.5 Å². The van der Waals surface area contributed by atoms with Crippen molar-refractivity contribution in [3.05, 3.63) is 59.6 Å². The minimum absolute atomic E-state index is 0.0941. The third-order valence-electron chi connectivity index (χ3n) is 4.21. The van der Waals surface area contributed by atoms with E-state index in [4.69, 9.17) is 4.74 Å². The number of imide groups is 1. The lowest BCUT2D eigenvalue weighted by Gasteiger charge is -2.25. The van der Waals surface area contributed by atoms with Crippen molar-refractivity contribution in [2.75, 3.05) is 0 Å². The van der Waals surface area contributed by atoms with Crippen LogP contribution in [0.3, 0.4) is 0 Å². The molecule has 1 heterocycles. The lowest BCUT2D eigenvalue weighted by Crippen LogP contribution is -2.41. The average Bonchev–Trinajstić information content (AvgIpc) is 2.76. The average molecular weight is 347 g/mol. The van der Waals surface area contributed by atoms with Gasteiger partial charge in [-0.05, 0) is 38.5 Å². The lowest BCUT2D eigenvalue weighted by molar-refractivity contribution is -0.138. The first-order valence-electron chi connectivity index (χ1n) is 8.03. The zero-order valence-corrected chi connectivity index (χ0v) is 14.3. The first-order valence-corrected chi connectivity index (χ1v) is 8.03. The van der Waals surface area contributed by atoms with Gasteiger partial charge in [0, 0.05) is 12.1 Å². The Morgan fingerprint density at radius 2 is 1.88 bits per heavy atom. The minimum atomic E-state index is -2.52. The molecule has 132 valence electrons. The molecule has 1 aromatic carbocycles. The maximum absolute atomic E-state index is 16.0. The van der Waals surface area contributed by atoms with E-state index in [0.717, 1.165) is 6.08 Å². The fraction of sp³-hybridized carbons (Fsp3) is 0.368. The quantitative estimate of drug-likeness (QED) is 0.757. The van der Waals surface area contributed by atoms with Gasteiger partial charge in [0.2, 0.25) is 5.67 Å². The Hall–Kier alpha value is -2.50. The summed E-state index contributed by atoms with van der Waals surface area (Å²) in [5.74, 6) is -2.70. The molecule has 2 amide bonds. The lowest BCUT2D eigenvalue weighted by atomic mass is 9.80. The number of rotatable bonds is 1. The summed E-state index contributed by atoms with van der Waals surface area (Å²) in [4.78, 5) is 26.1. The molecule has 4 nitrogen and oxygen atoms in total. The zero-order chi connectivity index (χ0) is 18.4. The summed E-state index contributed by atoms with van der Waals surface area (Å²) in [7, 11) is 0. The van der Waals surface area contributed by atoms with Crippen LogP contribution in [0, 0.1) is 5.92 Å². The molecule has 1 unspecified atom stereocenters. The van der Waals surface area contributed by atoms with E-state index < -0.39 is 35.0 Å². The standard InChI is InChI=1S/C19H19F2NO3/c1-18(2,3)25-17(24)22-15-10-9-13(20)11-14(15)19(21,16(22)23)12-7-5-4-6-8-12/h4-10,14H,11H2,1-3H3/t14?,19-/m1/s1. The molecule has 0 radical (unpaired) electrons. The number of fused-ring (bicyclic) bond motifs is 1. The number of hydrogen-bond acceptors (Lipinski definition) is 3. The molecule has 2 aliphatic rings. The number of hydrogen-bond donors (Lipinski definition) is 0. The van der Waals surface area contributed by atoms with Gasteiger partial charge in [0.25, 0.3) is 5.91 Å². The maximum Gasteiger partial charge on any atom is 0.421 e. The summed E-state index contributed by atoms with van der Waals surface area (Å²) in [6.07, 6.45) is 1.17. The molecule has 1 aliphatic carbocycles. The van der Waals surface area contributed by atoms with Crippen LogP contribution in [0.2, 0.25) is 0 Å². The van der Waals surface area contributed by atoms with Crippen LogP contribution < -0.4 is 0 Å². The second kappa shape index (κ2) is 5.79. The number of halogens is 2. The molecule has 0 bridgehead atoms. The topological polar surface area (TPSA) is 46.6 Å². The Kier molecular flexibility index (Phi) is 4.01. The summed E-state index contributed by atoms with van der Waals surface area (Å²) in [5.41, 5.74) is -3.16. The molecule has 1 aromatic rings. The number of carbonyl (C=O) groups is 2. The van der Waals surface area contributed by atoms with Crippen molar-refractivity contribution in [3.63, 3.8) is 0 Å². The first-order chi connectivity index (χ1) is 11.6. The van der Waals surface area contributed by atoms with Gasteiger partial charge >= 0.3 is 6.09 Å². The van der Waals surface area contributed by atoms with Gasteiger partial charge in [0.1, 0.15) is 11.4 Å². The van der Waals surface area contributed by atoms with Gasteiger partial charge in [0.05, 0.1) is 5.92 Å². The normalized spacial score (nSPS) is 26.0. The second-order valence-corrected chi connectivity index (χ2v) is 7.16. The number of allylic oxidation sites excluding steroid dienone is 4. The number of carbonyl (C=O) groups excluding carboxylic acids is 2. The van der Waals surface area contributed by atoms with Crippen LogP contribution in [-0.4, -0.2) is 22.5 Å². The number of likely N-dealkylation sites (tertiary alicyclic amines) is 1. The zero-order valence-electron chi connectivity index (χ0n) is 14.3. The molecule has 2 atom stereocenters. The molecular formula is C19H19F2NO3. The molecule has 0 N–H and O–H groups in total. The van der Waals surface area contributed by atoms with E-state index >= 15 is 4.39 Å². The van der Waals surface area contributed by atoms with Crippen LogP contribution in [0.1, 0.15) is 32.8 Å². The van der Waals surface area contributed by atoms with Crippen molar-refractivity contribution in [2.24, 2.45) is 5.92 Å². The molecule has 3 rings (SSSR count). The van der Waals surface area contributed by atoms with Gasteiger partial charge in [-0.2, -0.15) is 0 Å². The van der Waals surface area contributed by atoms with Crippen LogP contribution >= 0.6 is 0 Å².